The number of rotatable bonds is 6. The highest BCUT2D eigenvalue weighted by molar-refractivity contribution is 7.10. The number of carbonyl (C=O) groups is 1. The molecule has 1 heterocycles. The van der Waals surface area contributed by atoms with E-state index in [0.717, 1.165) is 10.4 Å². The number of hydrogen-bond acceptors (Lipinski definition) is 4. The molecule has 0 saturated heterocycles. The monoisotopic (exact) mass is 337 g/mol. The maximum Gasteiger partial charge on any atom is 0.328 e. The lowest BCUT2D eigenvalue weighted by molar-refractivity contribution is -0.136. The number of carbonyl (C=O) groups excluding carboxylic acids is 1. The summed E-state index contributed by atoms with van der Waals surface area (Å²) >= 11 is 1.61. The summed E-state index contributed by atoms with van der Waals surface area (Å²) in [5.74, 6) is 0.00161. The Labute approximate surface area is 145 Å². The molecule has 0 radical (unpaired) electrons. The fourth-order valence-electron chi connectivity index (χ4n) is 2.61. The molecule has 0 fully saturated rings. The minimum absolute atomic E-state index is 0.108. The third-order valence-electron chi connectivity index (χ3n) is 3.87. The second kappa shape index (κ2) is 7.90. The van der Waals surface area contributed by atoms with Crippen molar-refractivity contribution in [3.8, 4) is 5.75 Å². The van der Waals surface area contributed by atoms with Gasteiger partial charge in [0.15, 0.2) is 0 Å². The second-order valence-electron chi connectivity index (χ2n) is 5.57. The summed E-state index contributed by atoms with van der Waals surface area (Å²) in [4.78, 5) is 13.6. The molecule has 2 atom stereocenters. The first-order valence-electron chi connectivity index (χ1n) is 7.83. The molecule has 0 amide bonds. The summed E-state index contributed by atoms with van der Waals surface area (Å²) in [5.41, 5.74) is 7.43. The standard InChI is InChI=1S/C20H19NO2S/c21-19(20(22)23-16-10-5-2-6-11-16)17(18-12-7-13-24-18)14-15-8-3-1-4-9-15/h1-13,17,19H,14,21H2. The van der Waals surface area contributed by atoms with E-state index in [1.165, 1.54) is 0 Å². The van der Waals surface area contributed by atoms with Crippen LogP contribution in [0, 0.1) is 0 Å². The molecule has 2 aromatic carbocycles. The summed E-state index contributed by atoms with van der Waals surface area (Å²) < 4.78 is 5.43. The summed E-state index contributed by atoms with van der Waals surface area (Å²) in [7, 11) is 0. The smallest absolute Gasteiger partial charge is 0.328 e. The Kier molecular flexibility index (Phi) is 5.41. The van der Waals surface area contributed by atoms with Crippen LogP contribution in [0.15, 0.2) is 78.2 Å². The number of thiophene rings is 1. The molecule has 0 bridgehead atoms. The molecule has 3 rings (SSSR count). The van der Waals surface area contributed by atoms with Gasteiger partial charge in [-0.15, -0.1) is 11.3 Å². The Morgan fingerprint density at radius 2 is 1.62 bits per heavy atom. The fourth-order valence-corrected chi connectivity index (χ4v) is 3.49. The molecule has 3 nitrogen and oxygen atoms in total. The lowest BCUT2D eigenvalue weighted by Crippen LogP contribution is -2.40. The van der Waals surface area contributed by atoms with Crippen LogP contribution in [0.1, 0.15) is 16.4 Å². The van der Waals surface area contributed by atoms with Crippen molar-refractivity contribution in [1.29, 1.82) is 0 Å². The van der Waals surface area contributed by atoms with E-state index >= 15 is 0 Å². The zero-order chi connectivity index (χ0) is 16.8. The first-order valence-corrected chi connectivity index (χ1v) is 8.71. The van der Waals surface area contributed by atoms with Crippen LogP contribution in [0.25, 0.3) is 0 Å². The predicted molar refractivity (Wildman–Crippen MR) is 97.3 cm³/mol. The van der Waals surface area contributed by atoms with Crippen LogP contribution in [0.4, 0.5) is 0 Å². The highest BCUT2D eigenvalue weighted by atomic mass is 32.1. The molecule has 0 aliphatic rings. The van der Waals surface area contributed by atoms with Gasteiger partial charge in [0.2, 0.25) is 0 Å². The molecule has 1 aromatic heterocycles. The number of hydrogen-bond donors (Lipinski definition) is 1. The molecule has 24 heavy (non-hydrogen) atoms. The van der Waals surface area contributed by atoms with Gasteiger partial charge in [-0.1, -0.05) is 54.6 Å². The highest BCUT2D eigenvalue weighted by Crippen LogP contribution is 2.28. The predicted octanol–water partition coefficient (Wildman–Crippen LogP) is 4.01. The highest BCUT2D eigenvalue weighted by Gasteiger charge is 2.28. The van der Waals surface area contributed by atoms with Gasteiger partial charge in [0.25, 0.3) is 0 Å². The summed E-state index contributed by atoms with van der Waals surface area (Å²) in [6, 6.07) is 22.4. The van der Waals surface area contributed by atoms with Gasteiger partial charge in [0.1, 0.15) is 11.8 Å². The van der Waals surface area contributed by atoms with Crippen LogP contribution in [-0.2, 0) is 11.2 Å². The lowest BCUT2D eigenvalue weighted by Gasteiger charge is -2.21. The van der Waals surface area contributed by atoms with Crippen LogP contribution < -0.4 is 10.5 Å². The Morgan fingerprint density at radius 3 is 2.25 bits per heavy atom. The summed E-state index contributed by atoms with van der Waals surface area (Å²) in [6.07, 6.45) is 0.701. The quantitative estimate of drug-likeness (QED) is 0.546. The van der Waals surface area contributed by atoms with Gasteiger partial charge in [-0.25, -0.2) is 4.79 Å². The van der Waals surface area contributed by atoms with Crippen molar-refractivity contribution >= 4 is 17.3 Å². The van der Waals surface area contributed by atoms with E-state index in [-0.39, 0.29) is 5.92 Å². The van der Waals surface area contributed by atoms with Crippen molar-refractivity contribution < 1.29 is 9.53 Å². The Bertz CT molecular complexity index is 757. The van der Waals surface area contributed by atoms with Gasteiger partial charge in [-0.3, -0.25) is 0 Å². The Morgan fingerprint density at radius 1 is 0.958 bits per heavy atom. The van der Waals surface area contributed by atoms with Crippen LogP contribution in [0.2, 0.25) is 0 Å². The molecular weight excluding hydrogens is 318 g/mol. The molecule has 0 aliphatic heterocycles. The van der Waals surface area contributed by atoms with Gasteiger partial charge in [0, 0.05) is 10.8 Å². The molecular formula is C20H19NO2S. The minimum Gasteiger partial charge on any atom is -0.425 e. The van der Waals surface area contributed by atoms with Gasteiger partial charge in [0.05, 0.1) is 0 Å². The van der Waals surface area contributed by atoms with Crippen LogP contribution in [0.5, 0.6) is 5.75 Å². The molecule has 3 aromatic rings. The first-order chi connectivity index (χ1) is 11.7. The summed E-state index contributed by atoms with van der Waals surface area (Å²) in [5, 5.41) is 2.00. The minimum atomic E-state index is -0.718. The van der Waals surface area contributed by atoms with Crippen molar-refractivity contribution in [2.24, 2.45) is 5.73 Å². The maximum atomic E-state index is 12.5. The number of esters is 1. The Hall–Kier alpha value is -2.43. The lowest BCUT2D eigenvalue weighted by atomic mass is 9.91. The van der Waals surface area contributed by atoms with E-state index < -0.39 is 12.0 Å². The van der Waals surface area contributed by atoms with Crippen molar-refractivity contribution in [3.05, 3.63) is 88.6 Å². The summed E-state index contributed by atoms with van der Waals surface area (Å²) in [6.45, 7) is 0. The number of para-hydroxylation sites is 1. The van der Waals surface area contributed by atoms with E-state index in [1.807, 2.05) is 53.9 Å². The number of ether oxygens (including phenoxy) is 1. The number of nitrogens with two attached hydrogens (primary N) is 1. The Balaban J connectivity index is 1.78. The van der Waals surface area contributed by atoms with Gasteiger partial charge in [-0.2, -0.15) is 0 Å². The maximum absolute atomic E-state index is 12.5. The zero-order valence-electron chi connectivity index (χ0n) is 13.2. The third-order valence-corrected chi connectivity index (χ3v) is 4.88. The molecule has 0 spiro atoms. The first kappa shape index (κ1) is 16.4. The van der Waals surface area contributed by atoms with Crippen molar-refractivity contribution in [1.82, 2.24) is 0 Å². The van der Waals surface area contributed by atoms with E-state index in [1.54, 1.807) is 23.5 Å². The van der Waals surface area contributed by atoms with Crippen molar-refractivity contribution in [3.63, 3.8) is 0 Å². The van der Waals surface area contributed by atoms with Crippen molar-refractivity contribution in [2.45, 2.75) is 18.4 Å². The third kappa shape index (κ3) is 4.10. The normalized spacial score (nSPS) is 13.2. The topological polar surface area (TPSA) is 52.3 Å². The molecule has 4 heteroatoms. The van der Waals surface area contributed by atoms with Gasteiger partial charge < -0.3 is 10.5 Å². The van der Waals surface area contributed by atoms with E-state index in [9.17, 15) is 4.79 Å². The largest absolute Gasteiger partial charge is 0.425 e. The number of benzene rings is 2. The van der Waals surface area contributed by atoms with Gasteiger partial charge in [-0.05, 0) is 35.6 Å². The zero-order valence-corrected chi connectivity index (χ0v) is 14.0. The van der Waals surface area contributed by atoms with Crippen LogP contribution in [-0.4, -0.2) is 12.0 Å². The SMILES string of the molecule is NC(C(=O)Oc1ccccc1)C(Cc1ccccc1)c1cccs1. The second-order valence-corrected chi connectivity index (χ2v) is 6.55. The fraction of sp³-hybridized carbons (Fsp3) is 0.150. The van der Waals surface area contributed by atoms with E-state index in [4.69, 9.17) is 10.5 Å². The van der Waals surface area contributed by atoms with Crippen LogP contribution in [0.3, 0.4) is 0 Å². The molecule has 2 N–H and O–H groups in total. The van der Waals surface area contributed by atoms with Gasteiger partial charge >= 0.3 is 5.97 Å². The molecule has 2 unspecified atom stereocenters. The average Bonchev–Trinajstić information content (AvgIpc) is 3.15. The molecule has 122 valence electrons. The van der Waals surface area contributed by atoms with E-state index in [0.29, 0.717) is 12.2 Å². The molecule has 0 saturated carbocycles. The van der Waals surface area contributed by atoms with Crippen LogP contribution >= 0.6 is 11.3 Å². The average molecular weight is 337 g/mol. The van der Waals surface area contributed by atoms with E-state index in [2.05, 4.69) is 12.1 Å². The molecule has 0 aliphatic carbocycles. The van der Waals surface area contributed by atoms with Crippen molar-refractivity contribution in [2.75, 3.05) is 0 Å².